The zero-order chi connectivity index (χ0) is 14.0. The van der Waals surface area contributed by atoms with E-state index < -0.39 is 10.0 Å². The molecule has 0 bridgehead atoms. The molecule has 4 nitrogen and oxygen atoms in total. The first-order chi connectivity index (χ1) is 8.91. The summed E-state index contributed by atoms with van der Waals surface area (Å²) in [6, 6.07) is 7.50. The van der Waals surface area contributed by atoms with E-state index in [1.807, 2.05) is 19.1 Å². The zero-order valence-corrected chi connectivity index (χ0v) is 12.6. The van der Waals surface area contributed by atoms with E-state index in [9.17, 15) is 8.42 Å². The molecule has 0 radical (unpaired) electrons. The highest BCUT2D eigenvalue weighted by Crippen LogP contribution is 2.22. The Labute approximate surface area is 115 Å². The van der Waals surface area contributed by atoms with Gasteiger partial charge in [-0.15, -0.1) is 0 Å². The molecule has 0 aliphatic carbocycles. The van der Waals surface area contributed by atoms with Crippen LogP contribution in [0.5, 0.6) is 0 Å². The van der Waals surface area contributed by atoms with Crippen LogP contribution in [0.2, 0.25) is 0 Å². The van der Waals surface area contributed by atoms with Crippen molar-refractivity contribution in [1.29, 1.82) is 0 Å². The van der Waals surface area contributed by atoms with Gasteiger partial charge in [0.2, 0.25) is 10.0 Å². The minimum absolute atomic E-state index is 0.205. The number of piperazine rings is 1. The number of nitrogens with zero attached hydrogens (tertiary/aromatic N) is 1. The fourth-order valence-electron chi connectivity index (χ4n) is 2.30. The molecule has 1 aliphatic rings. The number of hydrogen-bond donors (Lipinski definition) is 1. The van der Waals surface area contributed by atoms with E-state index in [2.05, 4.69) is 19.2 Å². The Hall–Kier alpha value is -0.910. The first-order valence-corrected chi connectivity index (χ1v) is 8.19. The Balaban J connectivity index is 2.31. The van der Waals surface area contributed by atoms with Crippen LogP contribution in [-0.4, -0.2) is 38.4 Å². The largest absolute Gasteiger partial charge is 0.312 e. The minimum Gasteiger partial charge on any atom is -0.312 e. The van der Waals surface area contributed by atoms with Crippen LogP contribution in [0.4, 0.5) is 0 Å². The minimum atomic E-state index is -3.36. The predicted molar refractivity (Wildman–Crippen MR) is 76.8 cm³/mol. The van der Waals surface area contributed by atoms with Crippen LogP contribution in [0.25, 0.3) is 0 Å². The highest BCUT2D eigenvalue weighted by atomic mass is 32.2. The van der Waals surface area contributed by atoms with Crippen molar-refractivity contribution in [2.75, 3.05) is 19.6 Å². The third-order valence-corrected chi connectivity index (χ3v) is 5.36. The maximum atomic E-state index is 12.6. The quantitative estimate of drug-likeness (QED) is 0.919. The van der Waals surface area contributed by atoms with Crippen molar-refractivity contribution in [2.24, 2.45) is 0 Å². The van der Waals surface area contributed by atoms with E-state index in [1.54, 1.807) is 16.4 Å². The molecule has 1 aromatic rings. The van der Waals surface area contributed by atoms with Crippen molar-refractivity contribution in [1.82, 2.24) is 9.62 Å². The summed E-state index contributed by atoms with van der Waals surface area (Å²) >= 11 is 0. The Kier molecular flexibility index (Phi) is 4.28. The highest BCUT2D eigenvalue weighted by molar-refractivity contribution is 7.89. The highest BCUT2D eigenvalue weighted by Gasteiger charge is 2.28. The van der Waals surface area contributed by atoms with E-state index in [0.717, 1.165) is 5.56 Å². The fraction of sp³-hybridized carbons (Fsp3) is 0.571. The lowest BCUT2D eigenvalue weighted by Gasteiger charge is -2.31. The van der Waals surface area contributed by atoms with Crippen LogP contribution in [0, 0.1) is 0 Å². The molecule has 0 amide bonds. The van der Waals surface area contributed by atoms with E-state index >= 15 is 0 Å². The van der Waals surface area contributed by atoms with Gasteiger partial charge in [-0.3, -0.25) is 0 Å². The zero-order valence-electron chi connectivity index (χ0n) is 11.8. The number of nitrogens with one attached hydrogen (secondary N) is 1. The van der Waals surface area contributed by atoms with Gasteiger partial charge in [-0.1, -0.05) is 26.0 Å². The number of rotatable bonds is 3. The first-order valence-electron chi connectivity index (χ1n) is 6.75. The Morgan fingerprint density at radius 3 is 2.74 bits per heavy atom. The molecule has 0 saturated carbocycles. The smallest absolute Gasteiger partial charge is 0.243 e. The first kappa shape index (κ1) is 14.5. The molecule has 1 unspecified atom stereocenters. The van der Waals surface area contributed by atoms with Gasteiger partial charge in [0, 0.05) is 25.7 Å². The van der Waals surface area contributed by atoms with Gasteiger partial charge in [0.1, 0.15) is 0 Å². The third kappa shape index (κ3) is 3.16. The average Bonchev–Trinajstić information content (AvgIpc) is 2.39. The van der Waals surface area contributed by atoms with Crippen LogP contribution in [0.15, 0.2) is 29.2 Å². The maximum Gasteiger partial charge on any atom is 0.243 e. The van der Waals surface area contributed by atoms with E-state index in [4.69, 9.17) is 0 Å². The lowest BCUT2D eigenvalue weighted by Crippen LogP contribution is -2.51. The number of benzene rings is 1. The summed E-state index contributed by atoms with van der Waals surface area (Å²) < 4.78 is 26.8. The summed E-state index contributed by atoms with van der Waals surface area (Å²) in [5.41, 5.74) is 1.06. The maximum absolute atomic E-state index is 12.6. The van der Waals surface area contributed by atoms with E-state index in [1.165, 1.54) is 0 Å². The number of hydrogen-bond acceptors (Lipinski definition) is 3. The van der Waals surface area contributed by atoms with Gasteiger partial charge in [0.05, 0.1) is 4.90 Å². The van der Waals surface area contributed by atoms with Crippen LogP contribution in [-0.2, 0) is 10.0 Å². The summed E-state index contributed by atoms with van der Waals surface area (Å²) in [5.74, 6) is 0.331. The Morgan fingerprint density at radius 1 is 1.37 bits per heavy atom. The summed E-state index contributed by atoms with van der Waals surface area (Å²) in [7, 11) is -3.36. The summed E-state index contributed by atoms with van der Waals surface area (Å²) in [6.45, 7) is 7.93. The number of sulfonamides is 1. The van der Waals surface area contributed by atoms with Crippen LogP contribution >= 0.6 is 0 Å². The topological polar surface area (TPSA) is 49.4 Å². The Morgan fingerprint density at radius 2 is 2.11 bits per heavy atom. The van der Waals surface area contributed by atoms with Gasteiger partial charge in [-0.25, -0.2) is 8.42 Å². The van der Waals surface area contributed by atoms with Crippen molar-refractivity contribution in [3.05, 3.63) is 29.8 Å². The molecule has 1 N–H and O–H groups in total. The van der Waals surface area contributed by atoms with E-state index in [0.29, 0.717) is 30.4 Å². The van der Waals surface area contributed by atoms with Gasteiger partial charge in [-0.2, -0.15) is 4.31 Å². The molecule has 0 aromatic heterocycles. The van der Waals surface area contributed by atoms with Gasteiger partial charge < -0.3 is 5.32 Å². The van der Waals surface area contributed by atoms with Crippen LogP contribution < -0.4 is 5.32 Å². The molecule has 1 atom stereocenters. The molecule has 5 heteroatoms. The molecule has 1 aliphatic heterocycles. The lowest BCUT2D eigenvalue weighted by atomic mass is 10.0. The molecule has 0 spiro atoms. The van der Waals surface area contributed by atoms with Crippen molar-refractivity contribution in [3.63, 3.8) is 0 Å². The second-order valence-electron chi connectivity index (χ2n) is 5.45. The molecule has 106 valence electrons. The normalized spacial score (nSPS) is 21.8. The second kappa shape index (κ2) is 5.61. The van der Waals surface area contributed by atoms with Gasteiger partial charge in [0.25, 0.3) is 0 Å². The van der Waals surface area contributed by atoms with Gasteiger partial charge in [-0.05, 0) is 30.5 Å². The molecule has 2 rings (SSSR count). The standard InChI is InChI=1S/C14H22N2O2S/c1-11(2)13-5-4-6-14(9-13)19(17,18)16-8-7-15-12(3)10-16/h4-6,9,11-12,15H,7-8,10H2,1-3H3. The van der Waals surface area contributed by atoms with Crippen molar-refractivity contribution >= 4 is 10.0 Å². The van der Waals surface area contributed by atoms with Crippen molar-refractivity contribution in [2.45, 2.75) is 37.6 Å². The molecular formula is C14H22N2O2S. The lowest BCUT2D eigenvalue weighted by molar-refractivity contribution is 0.310. The SMILES string of the molecule is CC1CN(S(=O)(=O)c2cccc(C(C)C)c2)CCN1. The molecule has 1 aromatic carbocycles. The molecule has 1 saturated heterocycles. The summed E-state index contributed by atoms with van der Waals surface area (Å²) in [6.07, 6.45) is 0. The molecule has 19 heavy (non-hydrogen) atoms. The fourth-order valence-corrected chi connectivity index (χ4v) is 3.88. The predicted octanol–water partition coefficient (Wildman–Crippen LogP) is 1.79. The average molecular weight is 282 g/mol. The van der Waals surface area contributed by atoms with Crippen LogP contribution in [0.1, 0.15) is 32.3 Å². The van der Waals surface area contributed by atoms with Gasteiger partial charge >= 0.3 is 0 Å². The van der Waals surface area contributed by atoms with Crippen molar-refractivity contribution in [3.8, 4) is 0 Å². The third-order valence-electron chi connectivity index (χ3n) is 3.49. The Bertz CT molecular complexity index is 540. The second-order valence-corrected chi connectivity index (χ2v) is 7.38. The summed E-state index contributed by atoms with van der Waals surface area (Å²) in [4.78, 5) is 0.410. The van der Waals surface area contributed by atoms with Gasteiger partial charge in [0.15, 0.2) is 0 Å². The molecular weight excluding hydrogens is 260 g/mol. The van der Waals surface area contributed by atoms with E-state index in [-0.39, 0.29) is 6.04 Å². The monoisotopic (exact) mass is 282 g/mol. The molecule has 1 heterocycles. The summed E-state index contributed by atoms with van der Waals surface area (Å²) in [5, 5.41) is 3.26. The van der Waals surface area contributed by atoms with Crippen molar-refractivity contribution < 1.29 is 8.42 Å². The van der Waals surface area contributed by atoms with Crippen LogP contribution in [0.3, 0.4) is 0 Å². The molecule has 1 fully saturated rings.